The van der Waals surface area contributed by atoms with Gasteiger partial charge in [-0.05, 0) is 69.1 Å². The zero-order valence-corrected chi connectivity index (χ0v) is 18.7. The van der Waals surface area contributed by atoms with E-state index in [0.717, 1.165) is 37.1 Å². The Bertz CT molecular complexity index is 1300. The van der Waals surface area contributed by atoms with Crippen LogP contribution in [0.3, 0.4) is 0 Å². The highest BCUT2D eigenvalue weighted by Crippen LogP contribution is 2.38. The van der Waals surface area contributed by atoms with E-state index in [-0.39, 0.29) is 17.2 Å². The van der Waals surface area contributed by atoms with Crippen molar-refractivity contribution in [1.29, 1.82) is 0 Å². The predicted octanol–water partition coefficient (Wildman–Crippen LogP) is 5.53. The average molecular weight is 450 g/mol. The van der Waals surface area contributed by atoms with Crippen LogP contribution < -0.4 is 0 Å². The van der Waals surface area contributed by atoms with E-state index in [2.05, 4.69) is 46.4 Å². The van der Waals surface area contributed by atoms with Gasteiger partial charge in [0, 0.05) is 17.0 Å². The molecule has 1 aliphatic heterocycles. The van der Waals surface area contributed by atoms with Crippen molar-refractivity contribution in [1.82, 2.24) is 15.0 Å². The number of aromatic nitrogens is 2. The number of halogens is 1. The Balaban J connectivity index is 1.52. The first-order valence-electron chi connectivity index (χ1n) is 10.7. The first-order valence-corrected chi connectivity index (χ1v) is 11.1. The van der Waals surface area contributed by atoms with Crippen molar-refractivity contribution in [2.24, 2.45) is 0 Å². The minimum Gasteiger partial charge on any atom is -0.494 e. The summed E-state index contributed by atoms with van der Waals surface area (Å²) in [4.78, 5) is 18.2. The Hall–Kier alpha value is -3.09. The smallest absolute Gasteiger partial charge is 0.237 e. The number of nitrogens with one attached hydrogen (secondary N) is 1. The van der Waals surface area contributed by atoms with Crippen molar-refractivity contribution >= 4 is 28.3 Å². The molecule has 0 saturated carbocycles. The lowest BCUT2D eigenvalue weighted by Gasteiger charge is -2.29. The lowest BCUT2D eigenvalue weighted by Crippen LogP contribution is -2.29. The molecular formula is C25H24ClN3O3. The third-order valence-electron chi connectivity index (χ3n) is 6.36. The summed E-state index contributed by atoms with van der Waals surface area (Å²) in [5.41, 5.74) is 4.44. The van der Waals surface area contributed by atoms with Gasteiger partial charge in [0.1, 0.15) is 0 Å². The maximum atomic E-state index is 13.0. The molecule has 164 valence electrons. The van der Waals surface area contributed by atoms with Crippen molar-refractivity contribution < 1.29 is 14.4 Å². The second kappa shape index (κ2) is 8.11. The zero-order chi connectivity index (χ0) is 22.4. The van der Waals surface area contributed by atoms with Crippen molar-refractivity contribution in [2.75, 3.05) is 20.1 Å². The summed E-state index contributed by atoms with van der Waals surface area (Å²) in [5, 5.41) is 15.3. The number of rotatable bonds is 4. The Morgan fingerprint density at radius 2 is 1.91 bits per heavy atom. The lowest BCUT2D eigenvalue weighted by atomic mass is 9.88. The minimum absolute atomic E-state index is 0.0812. The van der Waals surface area contributed by atoms with Crippen LogP contribution in [0.25, 0.3) is 22.0 Å². The molecule has 6 nitrogen and oxygen atoms in total. The van der Waals surface area contributed by atoms with Gasteiger partial charge < -0.3 is 19.5 Å². The summed E-state index contributed by atoms with van der Waals surface area (Å²) in [7, 11) is 2.17. The fourth-order valence-corrected chi connectivity index (χ4v) is 4.80. The molecule has 0 bridgehead atoms. The van der Waals surface area contributed by atoms with Crippen molar-refractivity contribution in [3.63, 3.8) is 0 Å². The number of fused-ring (bicyclic) bond motifs is 1. The summed E-state index contributed by atoms with van der Waals surface area (Å²) in [6.07, 6.45) is 2.33. The molecule has 1 aliphatic rings. The number of hydrogen-bond donors (Lipinski definition) is 2. The minimum atomic E-state index is -0.430. The largest absolute Gasteiger partial charge is 0.494 e. The number of aromatic amines is 1. The molecule has 0 atom stereocenters. The van der Waals surface area contributed by atoms with E-state index in [1.54, 1.807) is 19.1 Å². The summed E-state index contributed by atoms with van der Waals surface area (Å²) >= 11 is 6.58. The third kappa shape index (κ3) is 3.70. The molecule has 2 aromatic carbocycles. The Morgan fingerprint density at radius 3 is 2.56 bits per heavy atom. The van der Waals surface area contributed by atoms with Crippen LogP contribution in [0, 0.1) is 6.92 Å². The Morgan fingerprint density at radius 1 is 1.19 bits per heavy atom. The number of aromatic hydroxyl groups is 1. The second-order valence-corrected chi connectivity index (χ2v) is 8.99. The van der Waals surface area contributed by atoms with Crippen LogP contribution in [-0.2, 0) is 0 Å². The lowest BCUT2D eigenvalue weighted by molar-refractivity contribution is 0.0999. The standard InChI is InChI=1S/C25H24ClN3O3/c1-14-11-22(32-28-14)24(30)23-19-12-18(20(26)13-21(19)27-25(23)31)17-5-3-15(4-6-17)16-7-9-29(2)10-8-16/h3-6,11-13,16,27,31H,7-10H2,1-2H3. The normalized spacial score (nSPS) is 15.5. The van der Waals surface area contributed by atoms with Crippen molar-refractivity contribution in [3.05, 3.63) is 70.1 Å². The van der Waals surface area contributed by atoms with Gasteiger partial charge in [-0.3, -0.25) is 4.79 Å². The van der Waals surface area contributed by atoms with E-state index in [1.807, 2.05) is 6.07 Å². The van der Waals surface area contributed by atoms with Gasteiger partial charge in [-0.1, -0.05) is 41.0 Å². The number of piperidine rings is 1. The van der Waals surface area contributed by atoms with E-state index in [1.165, 1.54) is 5.56 Å². The fraction of sp³-hybridized carbons (Fsp3) is 0.280. The van der Waals surface area contributed by atoms with Crippen LogP contribution in [0.4, 0.5) is 0 Å². The number of carbonyl (C=O) groups is 1. The van der Waals surface area contributed by atoms with Gasteiger partial charge in [-0.2, -0.15) is 0 Å². The number of carbonyl (C=O) groups excluding carboxylic acids is 1. The maximum Gasteiger partial charge on any atom is 0.237 e. The molecule has 2 aromatic heterocycles. The number of H-pyrrole nitrogens is 1. The molecule has 0 aliphatic carbocycles. The number of nitrogens with zero attached hydrogens (tertiary/aromatic N) is 2. The molecule has 32 heavy (non-hydrogen) atoms. The molecule has 5 rings (SSSR count). The fourth-order valence-electron chi connectivity index (χ4n) is 4.52. The molecule has 4 aromatic rings. The quantitative estimate of drug-likeness (QED) is 0.400. The number of benzene rings is 2. The second-order valence-electron chi connectivity index (χ2n) is 8.59. The molecule has 2 N–H and O–H groups in total. The average Bonchev–Trinajstić information content (AvgIpc) is 3.35. The van der Waals surface area contributed by atoms with Gasteiger partial charge in [0.2, 0.25) is 17.4 Å². The topological polar surface area (TPSA) is 82.4 Å². The molecule has 3 heterocycles. The molecule has 1 saturated heterocycles. The van der Waals surface area contributed by atoms with Crippen LogP contribution in [0.1, 0.15) is 46.1 Å². The number of hydrogen-bond acceptors (Lipinski definition) is 5. The summed E-state index contributed by atoms with van der Waals surface area (Å²) in [5.74, 6) is 0.0113. The van der Waals surface area contributed by atoms with Crippen LogP contribution in [-0.4, -0.2) is 46.1 Å². The van der Waals surface area contributed by atoms with Crippen LogP contribution in [0.2, 0.25) is 5.02 Å². The van der Waals surface area contributed by atoms with E-state index >= 15 is 0 Å². The van der Waals surface area contributed by atoms with E-state index < -0.39 is 5.78 Å². The molecule has 0 spiro atoms. The number of aryl methyl sites for hydroxylation is 1. The molecule has 0 unspecified atom stereocenters. The van der Waals surface area contributed by atoms with Crippen LogP contribution in [0.15, 0.2) is 47.0 Å². The Kier molecular flexibility index (Phi) is 5.27. The van der Waals surface area contributed by atoms with Gasteiger partial charge >= 0.3 is 0 Å². The zero-order valence-electron chi connectivity index (χ0n) is 18.0. The SMILES string of the molecule is Cc1cc(C(=O)c2c(O)[nH]c3cc(Cl)c(-c4ccc(C5CCN(C)CC5)cc4)cc23)on1. The first-order chi connectivity index (χ1) is 15.4. The number of likely N-dealkylation sites (tertiary alicyclic amines) is 1. The van der Waals surface area contributed by atoms with Gasteiger partial charge in [-0.15, -0.1) is 0 Å². The summed E-state index contributed by atoms with van der Waals surface area (Å²) in [6.45, 7) is 3.98. The van der Waals surface area contributed by atoms with E-state index in [4.69, 9.17) is 16.1 Å². The molecule has 1 fully saturated rings. The molecular weight excluding hydrogens is 426 g/mol. The summed E-state index contributed by atoms with van der Waals surface area (Å²) in [6, 6.07) is 13.6. The monoisotopic (exact) mass is 449 g/mol. The van der Waals surface area contributed by atoms with Gasteiger partial charge in [0.25, 0.3) is 0 Å². The van der Waals surface area contributed by atoms with E-state index in [0.29, 0.717) is 27.5 Å². The highest BCUT2D eigenvalue weighted by atomic mass is 35.5. The number of ketones is 1. The third-order valence-corrected chi connectivity index (χ3v) is 6.67. The van der Waals surface area contributed by atoms with Gasteiger partial charge in [0.15, 0.2) is 0 Å². The molecule has 0 amide bonds. The van der Waals surface area contributed by atoms with Crippen molar-refractivity contribution in [2.45, 2.75) is 25.7 Å². The van der Waals surface area contributed by atoms with Gasteiger partial charge in [-0.25, -0.2) is 0 Å². The van der Waals surface area contributed by atoms with Crippen LogP contribution >= 0.6 is 11.6 Å². The maximum absolute atomic E-state index is 13.0. The van der Waals surface area contributed by atoms with Crippen LogP contribution in [0.5, 0.6) is 5.88 Å². The highest BCUT2D eigenvalue weighted by molar-refractivity contribution is 6.34. The molecule has 0 radical (unpaired) electrons. The van der Waals surface area contributed by atoms with Gasteiger partial charge in [0.05, 0.1) is 21.8 Å². The van der Waals surface area contributed by atoms with Crippen molar-refractivity contribution in [3.8, 4) is 17.0 Å². The summed E-state index contributed by atoms with van der Waals surface area (Å²) < 4.78 is 5.12. The molecule has 7 heteroatoms. The highest BCUT2D eigenvalue weighted by Gasteiger charge is 2.24. The Labute approximate surface area is 190 Å². The van der Waals surface area contributed by atoms with E-state index in [9.17, 15) is 9.90 Å². The predicted molar refractivity (Wildman–Crippen MR) is 125 cm³/mol. The first kappa shape index (κ1) is 20.8.